The standard InChI is InChI=1S/C15H19N3O/c1-4-5-6-7-14-16-17-15(18(14)2)12-8-10-13(19-3)11-9-12/h4,8-11H,1,5-7H2,2-3H3. The van der Waals surface area contributed by atoms with Crippen LogP contribution < -0.4 is 4.74 Å². The van der Waals surface area contributed by atoms with E-state index in [2.05, 4.69) is 16.8 Å². The van der Waals surface area contributed by atoms with E-state index in [1.54, 1.807) is 7.11 Å². The fraction of sp³-hybridized carbons (Fsp3) is 0.333. The second-order valence-electron chi connectivity index (χ2n) is 4.41. The molecule has 100 valence electrons. The van der Waals surface area contributed by atoms with Gasteiger partial charge in [0.2, 0.25) is 0 Å². The molecule has 2 rings (SSSR count). The van der Waals surface area contributed by atoms with E-state index >= 15 is 0 Å². The molecular formula is C15H19N3O. The summed E-state index contributed by atoms with van der Waals surface area (Å²) in [6.07, 6.45) is 4.91. The number of allylic oxidation sites excluding steroid dienone is 1. The third-order valence-corrected chi connectivity index (χ3v) is 3.12. The molecule has 0 aliphatic heterocycles. The number of hydrogen-bond acceptors (Lipinski definition) is 3. The first-order chi connectivity index (χ1) is 9.26. The van der Waals surface area contributed by atoms with Crippen molar-refractivity contribution in [1.82, 2.24) is 14.8 Å². The first-order valence-electron chi connectivity index (χ1n) is 6.40. The molecular weight excluding hydrogens is 238 g/mol. The lowest BCUT2D eigenvalue weighted by Crippen LogP contribution is -1.99. The lowest BCUT2D eigenvalue weighted by molar-refractivity contribution is 0.415. The Kier molecular flexibility index (Phi) is 4.34. The van der Waals surface area contributed by atoms with E-state index in [0.29, 0.717) is 0 Å². The molecule has 0 aliphatic carbocycles. The zero-order valence-electron chi connectivity index (χ0n) is 11.5. The van der Waals surface area contributed by atoms with Crippen molar-refractivity contribution in [3.8, 4) is 17.1 Å². The number of methoxy groups -OCH3 is 1. The fourth-order valence-electron chi connectivity index (χ4n) is 1.98. The van der Waals surface area contributed by atoms with E-state index in [4.69, 9.17) is 4.74 Å². The molecule has 0 aliphatic rings. The molecule has 0 radical (unpaired) electrons. The summed E-state index contributed by atoms with van der Waals surface area (Å²) in [4.78, 5) is 0. The summed E-state index contributed by atoms with van der Waals surface area (Å²) in [5.41, 5.74) is 1.05. The summed E-state index contributed by atoms with van der Waals surface area (Å²) in [6, 6.07) is 7.86. The van der Waals surface area contributed by atoms with Crippen LogP contribution >= 0.6 is 0 Å². The van der Waals surface area contributed by atoms with Crippen LogP contribution in [0.3, 0.4) is 0 Å². The highest BCUT2D eigenvalue weighted by atomic mass is 16.5. The van der Waals surface area contributed by atoms with Gasteiger partial charge in [-0.3, -0.25) is 0 Å². The molecule has 2 aromatic rings. The molecule has 4 heteroatoms. The van der Waals surface area contributed by atoms with Crippen LogP contribution in [-0.2, 0) is 13.5 Å². The fourth-order valence-corrected chi connectivity index (χ4v) is 1.98. The highest BCUT2D eigenvalue weighted by Crippen LogP contribution is 2.21. The lowest BCUT2D eigenvalue weighted by Gasteiger charge is -2.04. The van der Waals surface area contributed by atoms with Gasteiger partial charge in [0.1, 0.15) is 11.6 Å². The van der Waals surface area contributed by atoms with Crippen molar-refractivity contribution in [2.75, 3.05) is 7.11 Å². The minimum Gasteiger partial charge on any atom is -0.497 e. The Morgan fingerprint density at radius 3 is 2.63 bits per heavy atom. The van der Waals surface area contributed by atoms with Crippen LogP contribution in [0.4, 0.5) is 0 Å². The first-order valence-corrected chi connectivity index (χ1v) is 6.40. The topological polar surface area (TPSA) is 39.9 Å². The zero-order valence-corrected chi connectivity index (χ0v) is 11.5. The molecule has 0 fully saturated rings. The number of aryl methyl sites for hydroxylation is 1. The Morgan fingerprint density at radius 1 is 1.26 bits per heavy atom. The van der Waals surface area contributed by atoms with Gasteiger partial charge in [-0.2, -0.15) is 0 Å². The van der Waals surface area contributed by atoms with Crippen LogP contribution in [0.25, 0.3) is 11.4 Å². The van der Waals surface area contributed by atoms with Gasteiger partial charge in [0, 0.05) is 19.0 Å². The average molecular weight is 257 g/mol. The van der Waals surface area contributed by atoms with Crippen LogP contribution in [0.2, 0.25) is 0 Å². The Hall–Kier alpha value is -2.10. The number of rotatable bonds is 6. The van der Waals surface area contributed by atoms with Crippen LogP contribution in [0.1, 0.15) is 18.7 Å². The second-order valence-corrected chi connectivity index (χ2v) is 4.41. The summed E-state index contributed by atoms with van der Waals surface area (Å²) in [7, 11) is 3.66. The minimum absolute atomic E-state index is 0.845. The number of unbranched alkanes of at least 4 members (excludes halogenated alkanes) is 1. The number of nitrogens with zero attached hydrogens (tertiary/aromatic N) is 3. The Balaban J connectivity index is 2.17. The molecule has 1 aromatic carbocycles. The van der Waals surface area contributed by atoms with E-state index < -0.39 is 0 Å². The minimum atomic E-state index is 0.845. The van der Waals surface area contributed by atoms with E-state index in [9.17, 15) is 0 Å². The smallest absolute Gasteiger partial charge is 0.163 e. The summed E-state index contributed by atoms with van der Waals surface area (Å²) < 4.78 is 7.20. The highest BCUT2D eigenvalue weighted by Gasteiger charge is 2.10. The Bertz CT molecular complexity index is 543. The quantitative estimate of drug-likeness (QED) is 0.590. The summed E-state index contributed by atoms with van der Waals surface area (Å²) in [5, 5.41) is 8.52. The van der Waals surface area contributed by atoms with Gasteiger partial charge in [-0.1, -0.05) is 6.08 Å². The Morgan fingerprint density at radius 2 is 2.00 bits per heavy atom. The largest absolute Gasteiger partial charge is 0.497 e. The van der Waals surface area contributed by atoms with Crippen molar-refractivity contribution in [1.29, 1.82) is 0 Å². The van der Waals surface area contributed by atoms with Gasteiger partial charge in [0.05, 0.1) is 7.11 Å². The van der Waals surface area contributed by atoms with Crippen LogP contribution in [-0.4, -0.2) is 21.9 Å². The molecule has 19 heavy (non-hydrogen) atoms. The van der Waals surface area contributed by atoms with Crippen molar-refractivity contribution >= 4 is 0 Å². The van der Waals surface area contributed by atoms with E-state index in [1.807, 2.05) is 42.0 Å². The monoisotopic (exact) mass is 257 g/mol. The molecule has 0 saturated heterocycles. The van der Waals surface area contributed by atoms with Crippen LogP contribution in [0, 0.1) is 0 Å². The number of benzene rings is 1. The van der Waals surface area contributed by atoms with Gasteiger partial charge in [0.25, 0.3) is 0 Å². The molecule has 0 amide bonds. The van der Waals surface area contributed by atoms with E-state index in [-0.39, 0.29) is 0 Å². The average Bonchev–Trinajstić information content (AvgIpc) is 2.81. The van der Waals surface area contributed by atoms with Gasteiger partial charge in [-0.05, 0) is 37.1 Å². The first kappa shape index (κ1) is 13.3. The zero-order chi connectivity index (χ0) is 13.7. The van der Waals surface area contributed by atoms with Crippen molar-refractivity contribution < 1.29 is 4.74 Å². The van der Waals surface area contributed by atoms with Gasteiger partial charge in [0.15, 0.2) is 5.82 Å². The maximum atomic E-state index is 5.15. The molecule has 1 aromatic heterocycles. The molecule has 4 nitrogen and oxygen atoms in total. The van der Waals surface area contributed by atoms with Crippen molar-refractivity contribution in [3.63, 3.8) is 0 Å². The SMILES string of the molecule is C=CCCCc1nnc(-c2ccc(OC)cc2)n1C. The third kappa shape index (κ3) is 3.02. The molecule has 0 atom stereocenters. The van der Waals surface area contributed by atoms with Crippen LogP contribution in [0.5, 0.6) is 5.75 Å². The maximum absolute atomic E-state index is 5.15. The molecule has 1 heterocycles. The van der Waals surface area contributed by atoms with Gasteiger partial charge in [-0.25, -0.2) is 0 Å². The number of ether oxygens (including phenoxy) is 1. The van der Waals surface area contributed by atoms with Gasteiger partial charge in [-0.15, -0.1) is 16.8 Å². The molecule has 0 saturated carbocycles. The normalized spacial score (nSPS) is 10.4. The molecule has 0 N–H and O–H groups in total. The molecule has 0 spiro atoms. The van der Waals surface area contributed by atoms with Crippen molar-refractivity contribution in [2.24, 2.45) is 7.05 Å². The summed E-state index contributed by atoms with van der Waals surface area (Å²) in [6.45, 7) is 3.73. The Labute approximate surface area is 113 Å². The maximum Gasteiger partial charge on any atom is 0.163 e. The van der Waals surface area contributed by atoms with Crippen LogP contribution in [0.15, 0.2) is 36.9 Å². The van der Waals surface area contributed by atoms with Gasteiger partial charge >= 0.3 is 0 Å². The molecule has 0 unspecified atom stereocenters. The van der Waals surface area contributed by atoms with Gasteiger partial charge < -0.3 is 9.30 Å². The predicted molar refractivity (Wildman–Crippen MR) is 76.1 cm³/mol. The van der Waals surface area contributed by atoms with E-state index in [1.165, 1.54) is 0 Å². The van der Waals surface area contributed by atoms with Crippen molar-refractivity contribution in [2.45, 2.75) is 19.3 Å². The number of hydrogen-bond donors (Lipinski definition) is 0. The lowest BCUT2D eigenvalue weighted by atomic mass is 10.2. The highest BCUT2D eigenvalue weighted by molar-refractivity contribution is 5.56. The number of aromatic nitrogens is 3. The third-order valence-electron chi connectivity index (χ3n) is 3.12. The summed E-state index contributed by atoms with van der Waals surface area (Å²) in [5.74, 6) is 2.74. The van der Waals surface area contributed by atoms with Crippen molar-refractivity contribution in [3.05, 3.63) is 42.7 Å². The second kappa shape index (κ2) is 6.18. The predicted octanol–water partition coefficient (Wildman–Crippen LogP) is 3.00. The summed E-state index contributed by atoms with van der Waals surface area (Å²) >= 11 is 0. The molecule has 0 bridgehead atoms. The van der Waals surface area contributed by atoms with E-state index in [0.717, 1.165) is 42.2 Å².